The topological polar surface area (TPSA) is 45.2 Å². The fourth-order valence-corrected chi connectivity index (χ4v) is 4.56. The Morgan fingerprint density at radius 3 is 2.56 bits per heavy atom. The van der Waals surface area contributed by atoms with Gasteiger partial charge in [-0.1, -0.05) is 22.0 Å². The summed E-state index contributed by atoms with van der Waals surface area (Å²) in [7, 11) is 0. The van der Waals surface area contributed by atoms with Gasteiger partial charge in [0, 0.05) is 41.2 Å². The van der Waals surface area contributed by atoms with Crippen LogP contribution in [0.25, 0.3) is 10.9 Å². The van der Waals surface area contributed by atoms with Crippen LogP contribution in [0.5, 0.6) is 0 Å². The van der Waals surface area contributed by atoms with Crippen LogP contribution in [0.2, 0.25) is 0 Å². The standard InChI is InChI=1S/C19H18BrN5/c20-13-4-7-17-16(9-13)19(23-12-22-17)25-14-5-6-15(25)11-24(10-14)18-3-1-2-8-21-18/h1-4,7-9,12,14-15H,5-6,10-11H2/t14-,15+. The number of nitrogens with zero attached hydrogens (tertiary/aromatic N) is 5. The third kappa shape index (κ3) is 2.56. The first-order valence-corrected chi connectivity index (χ1v) is 9.43. The molecule has 1 aromatic carbocycles. The van der Waals surface area contributed by atoms with E-state index >= 15 is 0 Å². The lowest BCUT2D eigenvalue weighted by Gasteiger charge is -2.42. The molecule has 2 aliphatic heterocycles. The maximum atomic E-state index is 4.67. The van der Waals surface area contributed by atoms with E-state index in [0.717, 1.165) is 40.1 Å². The van der Waals surface area contributed by atoms with Crippen molar-refractivity contribution in [2.24, 2.45) is 0 Å². The van der Waals surface area contributed by atoms with Crippen LogP contribution in [-0.4, -0.2) is 40.1 Å². The summed E-state index contributed by atoms with van der Waals surface area (Å²) >= 11 is 3.59. The molecule has 2 aromatic heterocycles. The monoisotopic (exact) mass is 395 g/mol. The molecule has 5 nitrogen and oxygen atoms in total. The van der Waals surface area contributed by atoms with Crippen LogP contribution in [0.15, 0.2) is 53.4 Å². The van der Waals surface area contributed by atoms with Crippen LogP contribution in [0.1, 0.15) is 12.8 Å². The maximum absolute atomic E-state index is 4.67. The highest BCUT2D eigenvalue weighted by molar-refractivity contribution is 9.10. The van der Waals surface area contributed by atoms with Gasteiger partial charge in [-0.25, -0.2) is 15.0 Å². The lowest BCUT2D eigenvalue weighted by Crippen LogP contribution is -2.54. The van der Waals surface area contributed by atoms with Crippen molar-refractivity contribution in [3.63, 3.8) is 0 Å². The van der Waals surface area contributed by atoms with Crippen LogP contribution >= 0.6 is 15.9 Å². The molecule has 126 valence electrons. The Hall–Kier alpha value is -2.21. The second kappa shape index (κ2) is 5.95. The molecule has 0 N–H and O–H groups in total. The summed E-state index contributed by atoms with van der Waals surface area (Å²) in [6.07, 6.45) is 5.97. The van der Waals surface area contributed by atoms with Gasteiger partial charge in [0.05, 0.1) is 5.52 Å². The molecule has 6 heteroatoms. The molecule has 0 saturated carbocycles. The van der Waals surface area contributed by atoms with E-state index in [2.05, 4.69) is 64.9 Å². The lowest BCUT2D eigenvalue weighted by atomic mass is 10.1. The van der Waals surface area contributed by atoms with E-state index in [-0.39, 0.29) is 0 Å². The van der Waals surface area contributed by atoms with Crippen LogP contribution in [0.3, 0.4) is 0 Å². The number of benzene rings is 1. The third-order valence-electron chi connectivity index (χ3n) is 5.28. The van der Waals surface area contributed by atoms with Gasteiger partial charge < -0.3 is 9.80 Å². The summed E-state index contributed by atoms with van der Waals surface area (Å²) in [6.45, 7) is 1.99. The fraction of sp³-hybridized carbons (Fsp3) is 0.316. The zero-order chi connectivity index (χ0) is 16.8. The van der Waals surface area contributed by atoms with Gasteiger partial charge in [0.25, 0.3) is 0 Å². The van der Waals surface area contributed by atoms with E-state index in [1.54, 1.807) is 6.33 Å². The predicted molar refractivity (Wildman–Crippen MR) is 103 cm³/mol. The van der Waals surface area contributed by atoms with Gasteiger partial charge >= 0.3 is 0 Å². The number of anilines is 2. The van der Waals surface area contributed by atoms with Crippen molar-refractivity contribution < 1.29 is 0 Å². The molecular weight excluding hydrogens is 378 g/mol. The first-order valence-electron chi connectivity index (χ1n) is 8.64. The molecule has 0 unspecified atom stereocenters. The zero-order valence-electron chi connectivity index (χ0n) is 13.7. The van der Waals surface area contributed by atoms with E-state index in [1.165, 1.54) is 12.8 Å². The van der Waals surface area contributed by atoms with Crippen molar-refractivity contribution >= 4 is 38.5 Å². The van der Waals surface area contributed by atoms with Gasteiger partial charge in [-0.15, -0.1) is 0 Å². The van der Waals surface area contributed by atoms with Gasteiger partial charge in [0.15, 0.2) is 0 Å². The largest absolute Gasteiger partial charge is 0.352 e. The molecule has 2 bridgehead atoms. The minimum atomic E-state index is 0.470. The van der Waals surface area contributed by atoms with Crippen molar-refractivity contribution in [3.8, 4) is 0 Å². The van der Waals surface area contributed by atoms with E-state index in [1.807, 2.05) is 18.3 Å². The Labute approximate surface area is 154 Å². The van der Waals surface area contributed by atoms with Crippen molar-refractivity contribution in [1.82, 2.24) is 15.0 Å². The summed E-state index contributed by atoms with van der Waals surface area (Å²) in [5.74, 6) is 2.15. The average molecular weight is 396 g/mol. The van der Waals surface area contributed by atoms with Gasteiger partial charge in [0.2, 0.25) is 0 Å². The quantitative estimate of drug-likeness (QED) is 0.662. The van der Waals surface area contributed by atoms with Crippen LogP contribution in [-0.2, 0) is 0 Å². The fourth-order valence-electron chi connectivity index (χ4n) is 4.20. The Morgan fingerprint density at radius 2 is 1.80 bits per heavy atom. The van der Waals surface area contributed by atoms with Gasteiger partial charge in [-0.2, -0.15) is 0 Å². The Morgan fingerprint density at radius 1 is 0.960 bits per heavy atom. The molecular formula is C19H18BrN5. The van der Waals surface area contributed by atoms with E-state index in [0.29, 0.717) is 12.1 Å². The first kappa shape index (κ1) is 15.1. The highest BCUT2D eigenvalue weighted by atomic mass is 79.9. The SMILES string of the molecule is Brc1ccc2ncnc(N3[C@@H]4CC[C@H]3CN(c3ccccn3)C4)c2c1. The van der Waals surface area contributed by atoms with Crippen molar-refractivity contribution in [3.05, 3.63) is 53.4 Å². The zero-order valence-corrected chi connectivity index (χ0v) is 15.3. The average Bonchev–Trinajstić information content (AvgIpc) is 2.91. The summed E-state index contributed by atoms with van der Waals surface area (Å²) in [6, 6.07) is 13.3. The number of halogens is 1. The number of aromatic nitrogens is 3. The highest BCUT2D eigenvalue weighted by Gasteiger charge is 2.41. The molecule has 0 radical (unpaired) electrons. The van der Waals surface area contributed by atoms with Crippen LogP contribution in [0, 0.1) is 0 Å². The normalized spacial score (nSPS) is 22.6. The molecule has 0 amide bonds. The summed E-state index contributed by atoms with van der Waals surface area (Å²) in [5, 5.41) is 1.13. The Kier molecular flexibility index (Phi) is 3.59. The number of piperazine rings is 1. The molecule has 2 saturated heterocycles. The predicted octanol–water partition coefficient (Wildman–Crippen LogP) is 3.64. The van der Waals surface area contributed by atoms with Crippen molar-refractivity contribution in [2.75, 3.05) is 22.9 Å². The Balaban J connectivity index is 1.52. The Bertz CT molecular complexity index is 902. The third-order valence-corrected chi connectivity index (χ3v) is 5.77. The maximum Gasteiger partial charge on any atom is 0.140 e. The number of hydrogen-bond donors (Lipinski definition) is 0. The van der Waals surface area contributed by atoms with Gasteiger partial charge in [-0.3, -0.25) is 0 Å². The summed E-state index contributed by atoms with van der Waals surface area (Å²) in [5.41, 5.74) is 1.000. The molecule has 0 aliphatic carbocycles. The molecule has 2 fully saturated rings. The number of rotatable bonds is 2. The van der Waals surface area contributed by atoms with E-state index in [4.69, 9.17) is 0 Å². The molecule has 25 heavy (non-hydrogen) atoms. The summed E-state index contributed by atoms with van der Waals surface area (Å²) in [4.78, 5) is 18.6. The van der Waals surface area contributed by atoms with E-state index < -0.39 is 0 Å². The minimum absolute atomic E-state index is 0.470. The highest BCUT2D eigenvalue weighted by Crippen LogP contribution is 2.38. The molecule has 4 heterocycles. The molecule has 2 aliphatic rings. The summed E-state index contributed by atoms with van der Waals surface area (Å²) < 4.78 is 1.07. The lowest BCUT2D eigenvalue weighted by molar-refractivity contribution is 0.528. The second-order valence-corrected chi connectivity index (χ2v) is 7.66. The number of hydrogen-bond acceptors (Lipinski definition) is 5. The van der Waals surface area contributed by atoms with Crippen LogP contribution < -0.4 is 9.80 Å². The minimum Gasteiger partial charge on any atom is -0.352 e. The van der Waals surface area contributed by atoms with Crippen molar-refractivity contribution in [1.29, 1.82) is 0 Å². The van der Waals surface area contributed by atoms with Crippen LogP contribution in [0.4, 0.5) is 11.6 Å². The number of fused-ring (bicyclic) bond motifs is 3. The number of pyridine rings is 1. The molecule has 0 spiro atoms. The molecule has 3 aromatic rings. The first-order chi connectivity index (χ1) is 12.3. The van der Waals surface area contributed by atoms with Gasteiger partial charge in [-0.05, 0) is 43.2 Å². The van der Waals surface area contributed by atoms with Crippen molar-refractivity contribution in [2.45, 2.75) is 24.9 Å². The molecule has 5 rings (SSSR count). The molecule has 2 atom stereocenters. The van der Waals surface area contributed by atoms with E-state index in [9.17, 15) is 0 Å². The smallest absolute Gasteiger partial charge is 0.140 e. The second-order valence-electron chi connectivity index (χ2n) is 6.74. The van der Waals surface area contributed by atoms with Gasteiger partial charge in [0.1, 0.15) is 18.0 Å².